The van der Waals surface area contributed by atoms with Gasteiger partial charge in [-0.25, -0.2) is 0 Å². The maximum Gasteiger partial charge on any atom is 0.240 e. The van der Waals surface area contributed by atoms with E-state index < -0.39 is 5.41 Å². The molecule has 2 aliphatic rings. The largest absolute Gasteiger partial charge is 0.343 e. The predicted octanol–water partition coefficient (Wildman–Crippen LogP) is 2.69. The van der Waals surface area contributed by atoms with Crippen molar-refractivity contribution in [2.24, 2.45) is 0 Å². The van der Waals surface area contributed by atoms with Gasteiger partial charge in [0.05, 0.1) is 5.41 Å². The van der Waals surface area contributed by atoms with Crippen LogP contribution in [0, 0.1) is 0 Å². The molecule has 0 aliphatic carbocycles. The van der Waals surface area contributed by atoms with E-state index in [1.165, 1.54) is 4.90 Å². The Hall–Kier alpha value is -1.92. The number of carbonyl (C=O) groups is 3. The van der Waals surface area contributed by atoms with E-state index in [9.17, 15) is 14.4 Å². The number of nitrogens with zero attached hydrogens (tertiary/aromatic N) is 3. The monoisotopic (exact) mass is 419 g/mol. The smallest absolute Gasteiger partial charge is 0.240 e. The molecule has 0 bridgehead atoms. The molecule has 7 heteroatoms. The van der Waals surface area contributed by atoms with Crippen LogP contribution in [0.25, 0.3) is 0 Å². The number of hydrogen-bond donors (Lipinski definition) is 0. The molecule has 3 amide bonds. The molecule has 1 unspecified atom stereocenters. The molecule has 1 aromatic carbocycles. The Labute approximate surface area is 177 Å². The molecule has 2 heterocycles. The van der Waals surface area contributed by atoms with Crippen molar-refractivity contribution in [1.29, 1.82) is 0 Å². The van der Waals surface area contributed by atoms with E-state index in [0.29, 0.717) is 36.8 Å². The summed E-state index contributed by atoms with van der Waals surface area (Å²) in [5.74, 6) is -0.608. The number of amides is 3. The number of hydrogen-bond acceptors (Lipinski definition) is 4. The number of imide groups is 1. The molecule has 2 saturated heterocycles. The highest BCUT2D eigenvalue weighted by molar-refractivity contribution is 6.32. The Morgan fingerprint density at radius 1 is 1.10 bits per heavy atom. The van der Waals surface area contributed by atoms with Crippen LogP contribution in [0.2, 0.25) is 5.02 Å². The van der Waals surface area contributed by atoms with Gasteiger partial charge in [0, 0.05) is 44.0 Å². The van der Waals surface area contributed by atoms with E-state index in [1.807, 2.05) is 23.9 Å². The molecule has 0 saturated carbocycles. The number of rotatable bonds is 6. The zero-order chi connectivity index (χ0) is 21.0. The van der Waals surface area contributed by atoms with Gasteiger partial charge in [0.15, 0.2) is 0 Å². The van der Waals surface area contributed by atoms with E-state index >= 15 is 0 Å². The van der Waals surface area contributed by atoms with Crippen molar-refractivity contribution >= 4 is 29.3 Å². The summed E-state index contributed by atoms with van der Waals surface area (Å²) in [6.07, 6.45) is 4.17. The zero-order valence-corrected chi connectivity index (χ0v) is 18.1. The first-order valence-corrected chi connectivity index (χ1v) is 10.8. The van der Waals surface area contributed by atoms with Crippen molar-refractivity contribution in [2.75, 3.05) is 40.3 Å². The second-order valence-corrected chi connectivity index (χ2v) is 8.77. The fourth-order valence-corrected chi connectivity index (χ4v) is 4.63. The first-order valence-electron chi connectivity index (χ1n) is 10.4. The summed E-state index contributed by atoms with van der Waals surface area (Å²) in [5, 5.41) is 0.423. The minimum atomic E-state index is -1.22. The molecule has 6 nitrogen and oxygen atoms in total. The van der Waals surface area contributed by atoms with Gasteiger partial charge in [0.2, 0.25) is 17.7 Å². The second kappa shape index (κ2) is 9.26. The van der Waals surface area contributed by atoms with Gasteiger partial charge in [0.1, 0.15) is 0 Å². The molecule has 3 rings (SSSR count). The number of likely N-dealkylation sites (N-methyl/N-ethyl adjacent to an activating group) is 1. The Balaban J connectivity index is 1.93. The van der Waals surface area contributed by atoms with E-state index in [2.05, 4.69) is 0 Å². The third-order valence-corrected chi connectivity index (χ3v) is 6.31. The van der Waals surface area contributed by atoms with Crippen LogP contribution in [0.5, 0.6) is 0 Å². The van der Waals surface area contributed by atoms with Gasteiger partial charge < -0.3 is 9.80 Å². The van der Waals surface area contributed by atoms with E-state index in [1.54, 1.807) is 24.3 Å². The molecule has 2 fully saturated rings. The van der Waals surface area contributed by atoms with E-state index in [4.69, 9.17) is 11.6 Å². The quantitative estimate of drug-likeness (QED) is 0.665. The van der Waals surface area contributed by atoms with E-state index in [0.717, 1.165) is 25.7 Å². The van der Waals surface area contributed by atoms with Crippen LogP contribution in [0.15, 0.2) is 24.3 Å². The van der Waals surface area contributed by atoms with Gasteiger partial charge in [-0.1, -0.05) is 42.6 Å². The number of halogens is 1. The first-order chi connectivity index (χ1) is 13.8. The standard InChI is InChI=1S/C22H30ClN3O3/c1-24(2)13-14-26-20(28)16-22(21(26)29,17-9-5-6-10-18(17)23)15-19(27)25-11-7-3-4-8-12-25/h5-6,9-10H,3-4,7-8,11-16H2,1-2H3. The van der Waals surface area contributed by atoms with Gasteiger partial charge in [-0.3, -0.25) is 19.3 Å². The molecule has 2 aliphatic heterocycles. The minimum absolute atomic E-state index is 0.0113. The molecule has 29 heavy (non-hydrogen) atoms. The molecular weight excluding hydrogens is 390 g/mol. The third kappa shape index (κ3) is 4.64. The molecule has 0 aromatic heterocycles. The van der Waals surface area contributed by atoms with Crippen LogP contribution in [0.1, 0.15) is 44.1 Å². The number of carbonyl (C=O) groups excluding carboxylic acids is 3. The lowest BCUT2D eigenvalue weighted by Crippen LogP contribution is -2.45. The average molecular weight is 420 g/mol. The summed E-state index contributed by atoms with van der Waals surface area (Å²) in [5.41, 5.74) is -0.638. The van der Waals surface area contributed by atoms with Crippen LogP contribution in [0.4, 0.5) is 0 Å². The van der Waals surface area contributed by atoms with Crippen molar-refractivity contribution < 1.29 is 14.4 Å². The Morgan fingerprint density at radius 3 is 2.38 bits per heavy atom. The maximum absolute atomic E-state index is 13.5. The Kier molecular flexibility index (Phi) is 6.96. The Morgan fingerprint density at radius 2 is 1.76 bits per heavy atom. The van der Waals surface area contributed by atoms with Crippen molar-refractivity contribution in [1.82, 2.24) is 14.7 Å². The van der Waals surface area contributed by atoms with Gasteiger partial charge >= 0.3 is 0 Å². The van der Waals surface area contributed by atoms with E-state index in [-0.39, 0.29) is 30.6 Å². The van der Waals surface area contributed by atoms with Crippen molar-refractivity contribution in [3.63, 3.8) is 0 Å². The summed E-state index contributed by atoms with van der Waals surface area (Å²) in [4.78, 5) is 44.7. The summed E-state index contributed by atoms with van der Waals surface area (Å²) < 4.78 is 0. The maximum atomic E-state index is 13.5. The van der Waals surface area contributed by atoms with Crippen LogP contribution in [0.3, 0.4) is 0 Å². The normalized spacial score (nSPS) is 23.0. The fourth-order valence-electron chi connectivity index (χ4n) is 4.31. The van der Waals surface area contributed by atoms with Crippen LogP contribution in [-0.2, 0) is 19.8 Å². The molecule has 158 valence electrons. The lowest BCUT2D eigenvalue weighted by atomic mass is 9.75. The van der Waals surface area contributed by atoms with Crippen LogP contribution >= 0.6 is 11.6 Å². The van der Waals surface area contributed by atoms with Crippen molar-refractivity contribution in [2.45, 2.75) is 43.9 Å². The van der Waals surface area contributed by atoms with Gasteiger partial charge in [-0.05, 0) is 38.6 Å². The highest BCUT2D eigenvalue weighted by Gasteiger charge is 2.54. The first kappa shape index (κ1) is 21.8. The van der Waals surface area contributed by atoms with Crippen LogP contribution < -0.4 is 0 Å². The molecule has 0 radical (unpaired) electrons. The SMILES string of the molecule is CN(C)CCN1C(=O)CC(CC(=O)N2CCCCCC2)(c2ccccc2Cl)C1=O. The van der Waals surface area contributed by atoms with Crippen LogP contribution in [-0.4, -0.2) is 72.7 Å². The molecule has 0 N–H and O–H groups in total. The van der Waals surface area contributed by atoms with Gasteiger partial charge in [-0.15, -0.1) is 0 Å². The average Bonchev–Trinajstić information content (AvgIpc) is 2.87. The third-order valence-electron chi connectivity index (χ3n) is 5.98. The lowest BCUT2D eigenvalue weighted by molar-refractivity contribution is -0.142. The Bertz CT molecular complexity index is 774. The molecular formula is C22H30ClN3O3. The summed E-state index contributed by atoms with van der Waals surface area (Å²) in [7, 11) is 3.80. The van der Waals surface area contributed by atoms with Gasteiger partial charge in [0.25, 0.3) is 0 Å². The minimum Gasteiger partial charge on any atom is -0.343 e. The molecule has 1 aromatic rings. The fraction of sp³-hybridized carbons (Fsp3) is 0.591. The summed E-state index contributed by atoms with van der Waals surface area (Å²) in [6.45, 7) is 2.32. The number of likely N-dealkylation sites (tertiary alicyclic amines) is 2. The summed E-state index contributed by atoms with van der Waals surface area (Å²) >= 11 is 6.46. The van der Waals surface area contributed by atoms with Gasteiger partial charge in [-0.2, -0.15) is 0 Å². The molecule has 1 atom stereocenters. The van der Waals surface area contributed by atoms with Crippen molar-refractivity contribution in [3.8, 4) is 0 Å². The zero-order valence-electron chi connectivity index (χ0n) is 17.3. The number of benzene rings is 1. The lowest BCUT2D eigenvalue weighted by Gasteiger charge is -2.31. The topological polar surface area (TPSA) is 60.9 Å². The molecule has 0 spiro atoms. The predicted molar refractivity (Wildman–Crippen MR) is 113 cm³/mol. The summed E-state index contributed by atoms with van der Waals surface area (Å²) in [6, 6.07) is 7.09. The second-order valence-electron chi connectivity index (χ2n) is 8.36. The van der Waals surface area contributed by atoms with Crippen molar-refractivity contribution in [3.05, 3.63) is 34.9 Å². The highest BCUT2D eigenvalue weighted by Crippen LogP contribution is 2.43. The highest BCUT2D eigenvalue weighted by atomic mass is 35.5.